The van der Waals surface area contributed by atoms with Crippen LogP contribution < -0.4 is 0 Å². The Morgan fingerprint density at radius 1 is 1.11 bits per heavy atom. The average molecular weight is 431 g/mol. The Kier molecular flexibility index (Phi) is 7.04. The van der Waals surface area contributed by atoms with E-state index in [-0.39, 0.29) is 6.54 Å². The van der Waals surface area contributed by atoms with Crippen molar-refractivity contribution < 1.29 is 15.4 Å². The summed E-state index contributed by atoms with van der Waals surface area (Å²) in [7, 11) is 0. The van der Waals surface area contributed by atoms with Gasteiger partial charge in [0.25, 0.3) is 5.09 Å². The fourth-order valence-corrected chi connectivity index (χ4v) is 3.22. The van der Waals surface area contributed by atoms with Crippen molar-refractivity contribution >= 4 is 34.8 Å². The Morgan fingerprint density at radius 2 is 1.70 bits per heavy atom. The van der Waals surface area contributed by atoms with Crippen molar-refractivity contribution in [3.05, 3.63) is 97.5 Å². The molecule has 0 aliphatic heterocycles. The largest absolute Gasteiger partial charge is 0.378 e. The molecule has 2 aromatic carbocycles. The molecule has 0 radical (unpaired) electrons. The molecule has 1 unspecified atom stereocenters. The van der Waals surface area contributed by atoms with Gasteiger partial charge in [0.05, 0.1) is 12.9 Å². The molecule has 0 saturated heterocycles. The van der Waals surface area contributed by atoms with Crippen LogP contribution in [0.15, 0.2) is 61.2 Å². The molecule has 1 aromatic heterocycles. The molecule has 10 heteroatoms. The Balaban J connectivity index is 0.000000596. The Morgan fingerprint density at radius 3 is 2.22 bits per heavy atom. The zero-order valence-electron chi connectivity index (χ0n) is 13.7. The van der Waals surface area contributed by atoms with Crippen LogP contribution in [0, 0.1) is 10.1 Å². The van der Waals surface area contributed by atoms with E-state index >= 15 is 0 Å². The third-order valence-electron chi connectivity index (χ3n) is 3.67. The molecule has 142 valence electrons. The van der Waals surface area contributed by atoms with Crippen molar-refractivity contribution in [1.82, 2.24) is 9.55 Å². The smallest absolute Gasteiger partial charge is 0.291 e. The summed E-state index contributed by atoms with van der Waals surface area (Å²) in [6.45, 7) is 0.260. The van der Waals surface area contributed by atoms with Gasteiger partial charge in [0.1, 0.15) is 5.60 Å². The third-order valence-corrected chi connectivity index (χ3v) is 4.47. The lowest BCUT2D eigenvalue weighted by molar-refractivity contribution is -0.742. The van der Waals surface area contributed by atoms with Gasteiger partial charge in [-0.25, -0.2) is 4.98 Å². The molecule has 0 spiro atoms. The van der Waals surface area contributed by atoms with Crippen molar-refractivity contribution in [3.8, 4) is 0 Å². The molecule has 0 aliphatic rings. The highest BCUT2D eigenvalue weighted by Gasteiger charge is 2.34. The molecule has 0 bridgehead atoms. The molecule has 27 heavy (non-hydrogen) atoms. The number of nitrogens with zero attached hydrogens (tertiary/aromatic N) is 3. The standard InChI is InChI=1S/C17H13Cl3N2O.HNO3/c18-13-3-1-12(2-4-13)17(23,10-22-8-7-21-11-22)15-6-5-14(19)9-16(15)20;2-1(3)4/h1-9,11,23H,10H2;(H,2,3,4). The molecule has 0 fully saturated rings. The third kappa shape index (κ3) is 5.58. The van der Waals surface area contributed by atoms with Crippen molar-refractivity contribution in [3.63, 3.8) is 0 Å². The number of hydrogen-bond acceptors (Lipinski definition) is 4. The second kappa shape index (κ2) is 9.05. The molecule has 3 aromatic rings. The molecular formula is C17H14Cl3N3O4. The van der Waals surface area contributed by atoms with Gasteiger partial charge >= 0.3 is 0 Å². The van der Waals surface area contributed by atoms with Crippen molar-refractivity contribution in [2.45, 2.75) is 12.1 Å². The van der Waals surface area contributed by atoms with Crippen LogP contribution in [0.25, 0.3) is 0 Å². The molecule has 2 N–H and O–H groups in total. The number of imidazole rings is 1. The van der Waals surface area contributed by atoms with Crippen LogP contribution >= 0.6 is 34.8 Å². The quantitative estimate of drug-likeness (QED) is 0.471. The number of halogens is 3. The predicted molar refractivity (Wildman–Crippen MR) is 102 cm³/mol. The van der Waals surface area contributed by atoms with E-state index in [1.165, 1.54) is 0 Å². The van der Waals surface area contributed by atoms with E-state index in [9.17, 15) is 5.11 Å². The van der Waals surface area contributed by atoms with Gasteiger partial charge in [-0.15, -0.1) is 10.1 Å². The van der Waals surface area contributed by atoms with Crippen molar-refractivity contribution in [2.24, 2.45) is 0 Å². The van der Waals surface area contributed by atoms with Gasteiger partial charge in [0, 0.05) is 33.0 Å². The first-order chi connectivity index (χ1) is 12.7. The fourth-order valence-electron chi connectivity index (χ4n) is 2.53. The van der Waals surface area contributed by atoms with Crippen LogP contribution in [0.4, 0.5) is 0 Å². The lowest BCUT2D eigenvalue weighted by Crippen LogP contribution is -2.33. The second-order valence-electron chi connectivity index (χ2n) is 5.46. The van der Waals surface area contributed by atoms with E-state index < -0.39 is 10.7 Å². The molecule has 7 nitrogen and oxygen atoms in total. The van der Waals surface area contributed by atoms with Gasteiger partial charge in [-0.2, -0.15) is 0 Å². The number of aliphatic hydroxyl groups is 1. The van der Waals surface area contributed by atoms with Gasteiger partial charge in [-0.1, -0.05) is 53.0 Å². The van der Waals surface area contributed by atoms with E-state index in [4.69, 9.17) is 50.1 Å². The molecule has 0 saturated carbocycles. The zero-order chi connectivity index (χ0) is 20.0. The maximum Gasteiger partial charge on any atom is 0.291 e. The predicted octanol–water partition coefficient (Wildman–Crippen LogP) is 4.43. The van der Waals surface area contributed by atoms with Gasteiger partial charge < -0.3 is 14.9 Å². The number of benzene rings is 2. The molecule has 0 aliphatic carbocycles. The van der Waals surface area contributed by atoms with Crippen molar-refractivity contribution in [2.75, 3.05) is 0 Å². The number of rotatable bonds is 4. The Hall–Kier alpha value is -2.32. The SMILES string of the molecule is O=[N+]([O-])O.OC(Cn1ccnc1)(c1ccc(Cl)cc1)c1ccc(Cl)cc1Cl. The zero-order valence-corrected chi connectivity index (χ0v) is 15.9. The van der Waals surface area contributed by atoms with Crippen molar-refractivity contribution in [1.29, 1.82) is 0 Å². The normalized spacial score (nSPS) is 12.6. The minimum atomic E-state index is -1.50. The second-order valence-corrected chi connectivity index (χ2v) is 6.74. The van der Waals surface area contributed by atoms with E-state index in [2.05, 4.69) is 4.98 Å². The van der Waals surface area contributed by atoms with Crippen LogP contribution in [0.1, 0.15) is 11.1 Å². The van der Waals surface area contributed by atoms with E-state index in [0.29, 0.717) is 26.2 Å². The van der Waals surface area contributed by atoms with Gasteiger partial charge in [0.15, 0.2) is 0 Å². The van der Waals surface area contributed by atoms with E-state index in [1.54, 1.807) is 65.8 Å². The first-order valence-electron chi connectivity index (χ1n) is 7.45. The van der Waals surface area contributed by atoms with Crippen LogP contribution in [0.3, 0.4) is 0 Å². The molecule has 1 heterocycles. The van der Waals surface area contributed by atoms with Crippen LogP contribution in [0.5, 0.6) is 0 Å². The summed E-state index contributed by atoms with van der Waals surface area (Å²) >= 11 is 18.3. The summed E-state index contributed by atoms with van der Waals surface area (Å²) in [6, 6.07) is 12.1. The lowest BCUT2D eigenvalue weighted by Gasteiger charge is -2.30. The maximum absolute atomic E-state index is 11.5. The highest BCUT2D eigenvalue weighted by Crippen LogP contribution is 2.37. The minimum Gasteiger partial charge on any atom is -0.378 e. The van der Waals surface area contributed by atoms with Crippen LogP contribution in [-0.4, -0.2) is 25.0 Å². The van der Waals surface area contributed by atoms with Crippen LogP contribution in [-0.2, 0) is 12.1 Å². The number of hydrogen-bond donors (Lipinski definition) is 2. The number of aromatic nitrogens is 2. The molecule has 3 rings (SSSR count). The summed E-state index contributed by atoms with van der Waals surface area (Å²) in [5.41, 5.74) is -0.0909. The summed E-state index contributed by atoms with van der Waals surface area (Å²) < 4.78 is 1.79. The Labute approximate surface area is 169 Å². The average Bonchev–Trinajstić information content (AvgIpc) is 3.07. The molecular weight excluding hydrogens is 417 g/mol. The van der Waals surface area contributed by atoms with E-state index in [1.807, 2.05) is 0 Å². The first-order valence-corrected chi connectivity index (χ1v) is 8.58. The topological polar surface area (TPSA) is 101 Å². The highest BCUT2D eigenvalue weighted by atomic mass is 35.5. The van der Waals surface area contributed by atoms with Crippen LogP contribution in [0.2, 0.25) is 15.1 Å². The van der Waals surface area contributed by atoms with Gasteiger partial charge in [-0.3, -0.25) is 0 Å². The molecule has 0 amide bonds. The first kappa shape index (κ1) is 21.0. The molecule has 1 atom stereocenters. The monoisotopic (exact) mass is 429 g/mol. The van der Waals surface area contributed by atoms with Gasteiger partial charge in [-0.05, 0) is 29.8 Å². The fraction of sp³-hybridized carbons (Fsp3) is 0.118. The summed E-state index contributed by atoms with van der Waals surface area (Å²) in [5.74, 6) is 0. The van der Waals surface area contributed by atoms with E-state index in [0.717, 1.165) is 0 Å². The summed E-state index contributed by atoms with van der Waals surface area (Å²) in [4.78, 5) is 12.4. The summed E-state index contributed by atoms with van der Waals surface area (Å²) in [5, 5.41) is 26.6. The maximum atomic E-state index is 11.5. The minimum absolute atomic E-state index is 0.260. The lowest BCUT2D eigenvalue weighted by atomic mass is 9.86. The van der Waals surface area contributed by atoms with Gasteiger partial charge in [0.2, 0.25) is 0 Å². The highest BCUT2D eigenvalue weighted by molar-refractivity contribution is 6.35. The Bertz CT molecular complexity index is 900. The summed E-state index contributed by atoms with van der Waals surface area (Å²) in [6.07, 6.45) is 5.08.